The van der Waals surface area contributed by atoms with Crippen molar-refractivity contribution in [3.8, 4) is 0 Å². The maximum Gasteiger partial charge on any atom is 0.297 e. The van der Waals surface area contributed by atoms with Crippen LogP contribution in [0.4, 0.5) is 10.8 Å². The van der Waals surface area contributed by atoms with E-state index in [1.165, 1.54) is 34.4 Å². The fraction of sp³-hybridized carbons (Fsp3) is 0.136. The normalized spacial score (nSPS) is 15.5. The number of hydrogen-bond acceptors (Lipinski definition) is 7. The Kier molecular flexibility index (Phi) is 4.23. The van der Waals surface area contributed by atoms with Gasteiger partial charge in [0.2, 0.25) is 5.76 Å². The van der Waals surface area contributed by atoms with Gasteiger partial charge in [-0.05, 0) is 31.5 Å². The van der Waals surface area contributed by atoms with Crippen LogP contribution in [0.2, 0.25) is 0 Å². The van der Waals surface area contributed by atoms with Crippen LogP contribution in [0.3, 0.4) is 0 Å². The molecule has 1 aliphatic rings. The van der Waals surface area contributed by atoms with Crippen molar-refractivity contribution in [3.05, 3.63) is 96.3 Å². The van der Waals surface area contributed by atoms with Crippen LogP contribution in [0.1, 0.15) is 39.0 Å². The highest BCUT2D eigenvalue weighted by Crippen LogP contribution is 2.42. The minimum Gasteiger partial charge on any atom is -0.450 e. The molecule has 5 rings (SSSR count). The van der Waals surface area contributed by atoms with Crippen molar-refractivity contribution >= 4 is 39.0 Å². The first-order chi connectivity index (χ1) is 14.8. The summed E-state index contributed by atoms with van der Waals surface area (Å²) < 4.78 is 5.89. The molecule has 8 nitrogen and oxygen atoms in total. The summed E-state index contributed by atoms with van der Waals surface area (Å²) in [5.74, 6) is -0.564. The second kappa shape index (κ2) is 6.85. The van der Waals surface area contributed by atoms with E-state index in [1.54, 1.807) is 36.6 Å². The number of aryl methyl sites for hydroxylation is 2. The highest BCUT2D eigenvalue weighted by molar-refractivity contribution is 7.14. The van der Waals surface area contributed by atoms with Gasteiger partial charge in [0.05, 0.1) is 27.6 Å². The van der Waals surface area contributed by atoms with E-state index < -0.39 is 16.9 Å². The van der Waals surface area contributed by atoms with Crippen molar-refractivity contribution in [2.24, 2.45) is 0 Å². The van der Waals surface area contributed by atoms with E-state index in [9.17, 15) is 19.7 Å². The summed E-state index contributed by atoms with van der Waals surface area (Å²) in [4.78, 5) is 43.6. The molecule has 1 aliphatic heterocycles. The molecule has 2 aromatic heterocycles. The van der Waals surface area contributed by atoms with Crippen molar-refractivity contribution in [1.29, 1.82) is 0 Å². The Morgan fingerprint density at radius 1 is 1.16 bits per heavy atom. The molecule has 1 amide bonds. The molecular weight excluding hydrogens is 418 g/mol. The molecule has 1 atom stereocenters. The van der Waals surface area contributed by atoms with Crippen molar-refractivity contribution in [2.45, 2.75) is 19.9 Å². The predicted octanol–water partition coefficient (Wildman–Crippen LogP) is 4.52. The lowest BCUT2D eigenvalue weighted by atomic mass is 9.98. The molecule has 3 heterocycles. The highest BCUT2D eigenvalue weighted by atomic mass is 32.1. The topological polar surface area (TPSA) is 107 Å². The molecule has 0 saturated carbocycles. The van der Waals surface area contributed by atoms with Gasteiger partial charge >= 0.3 is 0 Å². The SMILES string of the molecule is Cc1ccc2oc3c(c(=O)c2c1)[C@@H](c1cccc([N+](=O)[O-])c1)N(c1nc(C)cs1)C3=O. The number of anilines is 1. The average molecular weight is 433 g/mol. The standard InChI is InChI=1S/C22H15N3O5S/c1-11-6-7-16-15(8-11)19(26)17-18(13-4-3-5-14(9-13)25(28)29)24(21(27)20(17)30-16)22-23-12(2)10-31-22/h3-10,18H,1-2H3/t18-/m1/s1. The van der Waals surface area contributed by atoms with Gasteiger partial charge in [0.25, 0.3) is 11.6 Å². The summed E-state index contributed by atoms with van der Waals surface area (Å²) in [7, 11) is 0. The zero-order chi connectivity index (χ0) is 21.9. The van der Waals surface area contributed by atoms with Crippen LogP contribution in [0, 0.1) is 24.0 Å². The molecule has 0 radical (unpaired) electrons. The summed E-state index contributed by atoms with van der Waals surface area (Å²) in [6.45, 7) is 3.66. The maximum atomic E-state index is 13.5. The molecule has 0 bridgehead atoms. The van der Waals surface area contributed by atoms with Gasteiger partial charge in [-0.15, -0.1) is 11.3 Å². The van der Waals surface area contributed by atoms with Crippen LogP contribution < -0.4 is 10.3 Å². The Labute approximate surface area is 179 Å². The molecule has 0 fully saturated rings. The van der Waals surface area contributed by atoms with Gasteiger partial charge in [0.15, 0.2) is 10.6 Å². The lowest BCUT2D eigenvalue weighted by Crippen LogP contribution is -2.29. The van der Waals surface area contributed by atoms with Crippen LogP contribution in [0.25, 0.3) is 11.0 Å². The zero-order valence-corrected chi connectivity index (χ0v) is 17.3. The molecule has 0 N–H and O–H groups in total. The number of non-ortho nitro benzene ring substituents is 1. The van der Waals surface area contributed by atoms with E-state index in [0.717, 1.165) is 11.3 Å². The summed E-state index contributed by atoms with van der Waals surface area (Å²) in [5, 5.41) is 13.9. The largest absolute Gasteiger partial charge is 0.450 e. The molecule has 4 aromatic rings. The second-order valence-corrected chi connectivity index (χ2v) is 8.21. The van der Waals surface area contributed by atoms with Crippen LogP contribution in [-0.2, 0) is 0 Å². The van der Waals surface area contributed by atoms with Crippen molar-refractivity contribution in [2.75, 3.05) is 4.90 Å². The minimum atomic E-state index is -0.880. The fourth-order valence-corrected chi connectivity index (χ4v) is 4.69. The number of benzene rings is 2. The zero-order valence-electron chi connectivity index (χ0n) is 16.5. The molecule has 0 spiro atoms. The van der Waals surface area contributed by atoms with E-state index in [0.29, 0.717) is 21.7 Å². The maximum absolute atomic E-state index is 13.5. The Morgan fingerprint density at radius 3 is 2.68 bits per heavy atom. The van der Waals surface area contributed by atoms with Crippen LogP contribution in [-0.4, -0.2) is 15.8 Å². The highest BCUT2D eigenvalue weighted by Gasteiger charge is 2.45. The number of fused-ring (bicyclic) bond motifs is 2. The molecule has 0 saturated heterocycles. The van der Waals surface area contributed by atoms with Crippen molar-refractivity contribution in [3.63, 3.8) is 0 Å². The lowest BCUT2D eigenvalue weighted by molar-refractivity contribution is -0.384. The first kappa shape index (κ1) is 19.1. The summed E-state index contributed by atoms with van der Waals surface area (Å²) >= 11 is 1.26. The Hall–Kier alpha value is -3.85. The van der Waals surface area contributed by atoms with Crippen LogP contribution in [0.5, 0.6) is 0 Å². The number of rotatable bonds is 3. The van der Waals surface area contributed by atoms with E-state index >= 15 is 0 Å². The summed E-state index contributed by atoms with van der Waals surface area (Å²) in [6, 6.07) is 10.2. The predicted molar refractivity (Wildman–Crippen MR) is 116 cm³/mol. The lowest BCUT2D eigenvalue weighted by Gasteiger charge is -2.22. The summed E-state index contributed by atoms with van der Waals surface area (Å²) in [6.07, 6.45) is 0. The fourth-order valence-electron chi connectivity index (χ4n) is 3.86. The van der Waals surface area contributed by atoms with E-state index in [1.807, 2.05) is 6.92 Å². The molecular formula is C22H15N3O5S. The quantitative estimate of drug-likeness (QED) is 0.347. The Bertz CT molecular complexity index is 1460. The Balaban J connectivity index is 1.83. The van der Waals surface area contributed by atoms with Gasteiger partial charge in [-0.25, -0.2) is 4.98 Å². The second-order valence-electron chi connectivity index (χ2n) is 7.37. The van der Waals surface area contributed by atoms with Crippen LogP contribution in [0.15, 0.2) is 57.1 Å². The average Bonchev–Trinajstić information content (AvgIpc) is 3.30. The third-order valence-corrected chi connectivity index (χ3v) is 6.19. The first-order valence-corrected chi connectivity index (χ1v) is 10.3. The molecule has 9 heteroatoms. The molecule has 0 unspecified atom stereocenters. The van der Waals surface area contributed by atoms with Gasteiger partial charge in [-0.2, -0.15) is 0 Å². The molecule has 2 aromatic carbocycles. The Morgan fingerprint density at radius 2 is 1.97 bits per heavy atom. The van der Waals surface area contributed by atoms with E-state index in [2.05, 4.69) is 4.98 Å². The number of nitro benzene ring substituents is 1. The number of thiazole rings is 1. The van der Waals surface area contributed by atoms with Gasteiger partial charge < -0.3 is 4.42 Å². The minimum absolute atomic E-state index is 0.0642. The smallest absolute Gasteiger partial charge is 0.297 e. The number of amides is 1. The monoisotopic (exact) mass is 433 g/mol. The number of carbonyl (C=O) groups excluding carboxylic acids is 1. The number of nitro groups is 1. The number of aromatic nitrogens is 1. The van der Waals surface area contributed by atoms with Gasteiger partial charge in [-0.1, -0.05) is 23.8 Å². The first-order valence-electron chi connectivity index (χ1n) is 9.42. The van der Waals surface area contributed by atoms with Crippen LogP contribution >= 0.6 is 11.3 Å². The number of hydrogen-bond donors (Lipinski definition) is 0. The van der Waals surface area contributed by atoms with Crippen molar-refractivity contribution < 1.29 is 14.1 Å². The van der Waals surface area contributed by atoms with E-state index in [4.69, 9.17) is 4.42 Å². The number of nitrogens with zero attached hydrogens (tertiary/aromatic N) is 3. The third kappa shape index (κ3) is 2.93. The molecule has 31 heavy (non-hydrogen) atoms. The summed E-state index contributed by atoms with van der Waals surface area (Å²) in [5.41, 5.74) is 2.06. The van der Waals surface area contributed by atoms with Crippen molar-refractivity contribution in [1.82, 2.24) is 4.98 Å². The molecule has 0 aliphatic carbocycles. The van der Waals surface area contributed by atoms with E-state index in [-0.39, 0.29) is 22.4 Å². The third-order valence-electron chi connectivity index (χ3n) is 5.24. The van der Waals surface area contributed by atoms with Gasteiger partial charge in [-0.3, -0.25) is 24.6 Å². The van der Waals surface area contributed by atoms with Gasteiger partial charge in [0.1, 0.15) is 5.58 Å². The number of carbonyl (C=O) groups is 1. The molecule has 154 valence electrons. The van der Waals surface area contributed by atoms with Gasteiger partial charge in [0, 0.05) is 17.5 Å².